The fourth-order valence-corrected chi connectivity index (χ4v) is 4.84. The Balaban J connectivity index is 1.67. The van der Waals surface area contributed by atoms with Gasteiger partial charge in [-0.3, -0.25) is 5.01 Å². The number of hydrazine groups is 1. The summed E-state index contributed by atoms with van der Waals surface area (Å²) in [6, 6.07) is 7.39. The Morgan fingerprint density at radius 3 is 2.75 bits per heavy atom. The molecule has 2 aliphatic heterocycles. The van der Waals surface area contributed by atoms with E-state index in [0.717, 1.165) is 17.1 Å². The van der Waals surface area contributed by atoms with E-state index >= 15 is 0 Å². The Morgan fingerprint density at radius 1 is 1.25 bits per heavy atom. The number of hydrogen-bond donors (Lipinski definition) is 1. The first-order valence-electron chi connectivity index (χ1n) is 9.73. The number of nitrogens with one attached hydrogen (secondary N) is 1. The van der Waals surface area contributed by atoms with Gasteiger partial charge in [-0.15, -0.1) is 11.3 Å². The highest BCUT2D eigenvalue weighted by molar-refractivity contribution is 7.16. The van der Waals surface area contributed by atoms with Crippen molar-refractivity contribution in [2.24, 2.45) is 0 Å². The van der Waals surface area contributed by atoms with Crippen LogP contribution in [0.2, 0.25) is 0 Å². The number of ether oxygens (including phenoxy) is 1. The van der Waals surface area contributed by atoms with Gasteiger partial charge in [0.05, 0.1) is 18.0 Å². The maximum absolute atomic E-state index is 14.5. The molecule has 1 N–H and O–H groups in total. The summed E-state index contributed by atoms with van der Waals surface area (Å²) < 4.78 is 19.7. The zero-order valence-corrected chi connectivity index (χ0v) is 17.0. The number of aryl methyl sites for hydroxylation is 1. The summed E-state index contributed by atoms with van der Waals surface area (Å²) >= 11 is 1.75. The van der Waals surface area contributed by atoms with Crippen molar-refractivity contribution in [1.29, 1.82) is 0 Å². The molecular formula is C20H25FN4O2S. The zero-order valence-electron chi connectivity index (χ0n) is 16.2. The zero-order chi connectivity index (χ0) is 19.7. The molecule has 1 saturated heterocycles. The van der Waals surface area contributed by atoms with Gasteiger partial charge >= 0.3 is 6.09 Å². The summed E-state index contributed by atoms with van der Waals surface area (Å²) in [5.41, 5.74) is 2.51. The molecule has 1 amide bonds. The van der Waals surface area contributed by atoms with Crippen molar-refractivity contribution in [1.82, 2.24) is 9.91 Å². The third-order valence-electron chi connectivity index (χ3n) is 5.12. The van der Waals surface area contributed by atoms with Crippen molar-refractivity contribution in [3.8, 4) is 0 Å². The molecule has 0 spiro atoms. The van der Waals surface area contributed by atoms with E-state index in [1.54, 1.807) is 22.3 Å². The second-order valence-corrected chi connectivity index (χ2v) is 7.95. The standard InChI is InChI=1S/C20H25FN4O2S/c1-3-15-12-14-13-22-18-16(21)6-5-7-17(18)25(19(14)28-15)24-10-8-23(9-11-24)20(26)27-4-2/h5-7,12,22H,3-4,8-11,13H2,1-2H3. The number of anilines is 3. The molecule has 1 aromatic carbocycles. The Kier molecular flexibility index (Phi) is 5.41. The van der Waals surface area contributed by atoms with Crippen molar-refractivity contribution in [3.05, 3.63) is 40.5 Å². The van der Waals surface area contributed by atoms with Gasteiger partial charge in [-0.1, -0.05) is 13.0 Å². The van der Waals surface area contributed by atoms with E-state index in [2.05, 4.69) is 28.3 Å². The van der Waals surface area contributed by atoms with E-state index in [1.165, 1.54) is 16.5 Å². The van der Waals surface area contributed by atoms with Crippen LogP contribution in [0.5, 0.6) is 0 Å². The molecule has 2 aliphatic rings. The lowest BCUT2D eigenvalue weighted by atomic mass is 10.2. The monoisotopic (exact) mass is 404 g/mol. The van der Waals surface area contributed by atoms with Gasteiger partial charge in [0, 0.05) is 43.2 Å². The van der Waals surface area contributed by atoms with Crippen LogP contribution in [-0.2, 0) is 17.7 Å². The molecule has 4 rings (SSSR count). The number of carbonyl (C=O) groups is 1. The van der Waals surface area contributed by atoms with Gasteiger partial charge in [-0.25, -0.2) is 14.2 Å². The van der Waals surface area contributed by atoms with Gasteiger partial charge in [0.15, 0.2) is 0 Å². The number of amides is 1. The molecule has 1 aromatic heterocycles. The van der Waals surface area contributed by atoms with Gasteiger partial charge < -0.3 is 15.0 Å². The number of rotatable bonds is 3. The normalized spacial score (nSPS) is 16.8. The predicted molar refractivity (Wildman–Crippen MR) is 110 cm³/mol. The van der Waals surface area contributed by atoms with Gasteiger partial charge in [0.1, 0.15) is 10.8 Å². The quantitative estimate of drug-likeness (QED) is 0.831. The second kappa shape index (κ2) is 7.97. The molecule has 2 aromatic rings. The molecule has 0 bridgehead atoms. The van der Waals surface area contributed by atoms with Gasteiger partial charge in [-0.05, 0) is 31.5 Å². The summed E-state index contributed by atoms with van der Waals surface area (Å²) in [7, 11) is 0. The second-order valence-electron chi connectivity index (χ2n) is 6.84. The van der Waals surface area contributed by atoms with E-state index in [4.69, 9.17) is 4.74 Å². The van der Waals surface area contributed by atoms with E-state index < -0.39 is 0 Å². The van der Waals surface area contributed by atoms with E-state index in [1.807, 2.05) is 13.0 Å². The first-order valence-corrected chi connectivity index (χ1v) is 10.5. The molecule has 0 aliphatic carbocycles. The van der Waals surface area contributed by atoms with Crippen molar-refractivity contribution < 1.29 is 13.9 Å². The van der Waals surface area contributed by atoms with Crippen LogP contribution in [-0.4, -0.2) is 48.8 Å². The topological polar surface area (TPSA) is 48.1 Å². The fraction of sp³-hybridized carbons (Fsp3) is 0.450. The number of thiophene rings is 1. The average molecular weight is 405 g/mol. The van der Waals surface area contributed by atoms with E-state index in [9.17, 15) is 9.18 Å². The lowest BCUT2D eigenvalue weighted by Crippen LogP contribution is -2.53. The minimum absolute atomic E-state index is 0.251. The van der Waals surface area contributed by atoms with Gasteiger partial charge in [0.2, 0.25) is 0 Å². The van der Waals surface area contributed by atoms with Crippen LogP contribution in [0.1, 0.15) is 24.3 Å². The Morgan fingerprint density at radius 2 is 2.04 bits per heavy atom. The van der Waals surface area contributed by atoms with Crippen molar-refractivity contribution in [2.45, 2.75) is 26.8 Å². The Bertz CT molecular complexity index is 864. The number of para-hydroxylation sites is 1. The van der Waals surface area contributed by atoms with Crippen LogP contribution in [0, 0.1) is 5.82 Å². The fourth-order valence-electron chi connectivity index (χ4n) is 3.69. The molecule has 6 nitrogen and oxygen atoms in total. The molecule has 8 heteroatoms. The molecule has 3 heterocycles. The Labute approximate surface area is 168 Å². The molecular weight excluding hydrogens is 379 g/mol. The maximum Gasteiger partial charge on any atom is 0.409 e. The number of carbonyl (C=O) groups excluding carboxylic acids is 1. The number of hydrogen-bond acceptors (Lipinski definition) is 6. The van der Waals surface area contributed by atoms with Crippen LogP contribution in [0.25, 0.3) is 0 Å². The summed E-state index contributed by atoms with van der Waals surface area (Å²) in [5.74, 6) is -0.251. The molecule has 1 fully saturated rings. The van der Waals surface area contributed by atoms with E-state index in [0.29, 0.717) is 45.0 Å². The van der Waals surface area contributed by atoms with Gasteiger partial charge in [-0.2, -0.15) is 0 Å². The summed E-state index contributed by atoms with van der Waals surface area (Å²) in [4.78, 5) is 15.1. The van der Waals surface area contributed by atoms with Crippen LogP contribution in [0.3, 0.4) is 0 Å². The predicted octanol–water partition coefficient (Wildman–Crippen LogP) is 4.20. The van der Waals surface area contributed by atoms with Crippen LogP contribution >= 0.6 is 11.3 Å². The molecule has 0 unspecified atom stereocenters. The minimum Gasteiger partial charge on any atom is -0.450 e. The smallest absolute Gasteiger partial charge is 0.409 e. The van der Waals surface area contributed by atoms with Crippen molar-refractivity contribution >= 4 is 33.8 Å². The number of benzene rings is 1. The summed E-state index contributed by atoms with van der Waals surface area (Å²) in [6.45, 7) is 7.41. The largest absolute Gasteiger partial charge is 0.450 e. The van der Waals surface area contributed by atoms with E-state index in [-0.39, 0.29) is 11.9 Å². The first kappa shape index (κ1) is 19.0. The first-order chi connectivity index (χ1) is 13.6. The maximum atomic E-state index is 14.5. The highest BCUT2D eigenvalue weighted by atomic mass is 32.1. The molecule has 0 saturated carbocycles. The molecule has 28 heavy (non-hydrogen) atoms. The molecule has 0 radical (unpaired) electrons. The minimum atomic E-state index is -0.267. The van der Waals surface area contributed by atoms with Crippen LogP contribution in [0.15, 0.2) is 24.3 Å². The van der Waals surface area contributed by atoms with Crippen molar-refractivity contribution in [3.63, 3.8) is 0 Å². The van der Waals surface area contributed by atoms with Crippen molar-refractivity contribution in [2.75, 3.05) is 43.1 Å². The third kappa shape index (κ3) is 3.42. The number of fused-ring (bicyclic) bond motifs is 2. The SMILES string of the molecule is CCOC(=O)N1CCN(N2c3cccc(F)c3NCc3cc(CC)sc32)CC1. The van der Waals surface area contributed by atoms with Crippen LogP contribution < -0.4 is 10.3 Å². The summed E-state index contributed by atoms with van der Waals surface area (Å²) in [6.07, 6.45) is 0.703. The van der Waals surface area contributed by atoms with Crippen LogP contribution in [0.4, 0.5) is 25.6 Å². The highest BCUT2D eigenvalue weighted by Crippen LogP contribution is 2.44. The third-order valence-corrected chi connectivity index (χ3v) is 6.42. The Hall–Kier alpha value is -2.32. The summed E-state index contributed by atoms with van der Waals surface area (Å²) in [5, 5.41) is 8.75. The lowest BCUT2D eigenvalue weighted by molar-refractivity contribution is 0.0799. The lowest BCUT2D eigenvalue weighted by Gasteiger charge is -2.41. The number of nitrogens with zero attached hydrogens (tertiary/aromatic N) is 3. The molecule has 150 valence electrons. The molecule has 0 atom stereocenters. The average Bonchev–Trinajstić information content (AvgIpc) is 3.04. The highest BCUT2D eigenvalue weighted by Gasteiger charge is 2.32. The number of piperazine rings is 1. The number of halogens is 1. The van der Waals surface area contributed by atoms with Gasteiger partial charge in [0.25, 0.3) is 0 Å².